The van der Waals surface area contributed by atoms with Crippen molar-refractivity contribution in [3.05, 3.63) is 0 Å². The summed E-state index contributed by atoms with van der Waals surface area (Å²) >= 11 is 0. The van der Waals surface area contributed by atoms with E-state index >= 15 is 0 Å². The van der Waals surface area contributed by atoms with Crippen molar-refractivity contribution in [1.82, 2.24) is 4.90 Å². The van der Waals surface area contributed by atoms with E-state index in [1.165, 1.54) is 12.8 Å². The molecule has 3 aliphatic rings. The van der Waals surface area contributed by atoms with Gasteiger partial charge in [-0.15, -0.1) is 0 Å². The molecule has 0 bridgehead atoms. The molecule has 0 aromatic heterocycles. The Kier molecular flexibility index (Phi) is 4.78. The molecule has 0 N–H and O–H groups in total. The van der Waals surface area contributed by atoms with Crippen LogP contribution in [-0.4, -0.2) is 48.7 Å². The van der Waals surface area contributed by atoms with Gasteiger partial charge in [-0.2, -0.15) is 0 Å². The van der Waals surface area contributed by atoms with E-state index in [9.17, 15) is 9.59 Å². The fourth-order valence-corrected chi connectivity index (χ4v) is 3.69. The molecule has 1 saturated carbocycles. The SMILES string of the molecule is O=C(OC[C@H]1CCCCO1)[C@@H]1CC(=O)N(C2CCCC2)C1. The van der Waals surface area contributed by atoms with Gasteiger partial charge in [-0.1, -0.05) is 12.8 Å². The van der Waals surface area contributed by atoms with Crippen LogP contribution in [0.5, 0.6) is 0 Å². The first kappa shape index (κ1) is 14.8. The van der Waals surface area contributed by atoms with Gasteiger partial charge >= 0.3 is 5.97 Å². The summed E-state index contributed by atoms with van der Waals surface area (Å²) in [5.41, 5.74) is 0. The summed E-state index contributed by atoms with van der Waals surface area (Å²) < 4.78 is 10.9. The summed E-state index contributed by atoms with van der Waals surface area (Å²) in [6.07, 6.45) is 8.13. The number of carbonyl (C=O) groups is 2. The molecule has 3 rings (SSSR count). The van der Waals surface area contributed by atoms with Gasteiger partial charge in [-0.25, -0.2) is 0 Å². The van der Waals surface area contributed by atoms with Crippen LogP contribution in [0.25, 0.3) is 0 Å². The molecule has 0 unspecified atom stereocenters. The van der Waals surface area contributed by atoms with E-state index in [-0.39, 0.29) is 23.9 Å². The number of nitrogens with zero attached hydrogens (tertiary/aromatic N) is 1. The third-order valence-corrected chi connectivity index (χ3v) is 4.94. The molecule has 21 heavy (non-hydrogen) atoms. The molecule has 2 atom stereocenters. The maximum absolute atomic E-state index is 12.1. The van der Waals surface area contributed by atoms with Gasteiger partial charge in [0, 0.05) is 25.6 Å². The van der Waals surface area contributed by atoms with Crippen LogP contribution in [-0.2, 0) is 19.1 Å². The molecular weight excluding hydrogens is 270 g/mol. The zero-order valence-corrected chi connectivity index (χ0v) is 12.6. The van der Waals surface area contributed by atoms with Gasteiger partial charge in [0.15, 0.2) is 0 Å². The summed E-state index contributed by atoms with van der Waals surface area (Å²) in [7, 11) is 0. The van der Waals surface area contributed by atoms with Crippen molar-refractivity contribution >= 4 is 11.9 Å². The van der Waals surface area contributed by atoms with Crippen molar-refractivity contribution in [2.24, 2.45) is 5.92 Å². The second-order valence-electron chi connectivity index (χ2n) is 6.50. The van der Waals surface area contributed by atoms with Gasteiger partial charge in [0.05, 0.1) is 12.0 Å². The van der Waals surface area contributed by atoms with Gasteiger partial charge in [0.2, 0.25) is 5.91 Å². The van der Waals surface area contributed by atoms with Crippen molar-refractivity contribution in [2.75, 3.05) is 19.8 Å². The number of hydrogen-bond donors (Lipinski definition) is 0. The Morgan fingerprint density at radius 3 is 2.67 bits per heavy atom. The van der Waals surface area contributed by atoms with Crippen LogP contribution in [0, 0.1) is 5.92 Å². The standard InChI is InChI=1S/C16H25NO4/c18-15-9-12(10-17(15)13-5-1-2-6-13)16(19)21-11-14-7-3-4-8-20-14/h12-14H,1-11H2/t12-,14-/m1/s1. The van der Waals surface area contributed by atoms with Crippen molar-refractivity contribution < 1.29 is 19.1 Å². The highest BCUT2D eigenvalue weighted by Crippen LogP contribution is 2.30. The molecule has 1 aliphatic carbocycles. The number of hydrogen-bond acceptors (Lipinski definition) is 4. The van der Waals surface area contributed by atoms with E-state index in [2.05, 4.69) is 0 Å². The molecule has 0 spiro atoms. The Labute approximate surface area is 126 Å². The van der Waals surface area contributed by atoms with E-state index in [0.29, 0.717) is 25.6 Å². The summed E-state index contributed by atoms with van der Waals surface area (Å²) in [4.78, 5) is 26.1. The highest BCUT2D eigenvalue weighted by molar-refractivity contribution is 5.87. The Morgan fingerprint density at radius 1 is 1.19 bits per heavy atom. The maximum atomic E-state index is 12.1. The summed E-state index contributed by atoms with van der Waals surface area (Å²) in [6, 6.07) is 0.358. The molecule has 1 amide bonds. The molecular formula is C16H25NO4. The summed E-state index contributed by atoms with van der Waals surface area (Å²) in [5.74, 6) is -0.377. The number of amides is 1. The smallest absolute Gasteiger partial charge is 0.311 e. The molecule has 0 aromatic rings. The number of likely N-dealkylation sites (tertiary alicyclic amines) is 1. The Bertz CT molecular complexity index is 386. The van der Waals surface area contributed by atoms with Gasteiger partial charge in [0.25, 0.3) is 0 Å². The van der Waals surface area contributed by atoms with E-state index in [0.717, 1.165) is 38.7 Å². The van der Waals surface area contributed by atoms with Crippen molar-refractivity contribution in [2.45, 2.75) is 63.5 Å². The Morgan fingerprint density at radius 2 is 1.95 bits per heavy atom. The zero-order chi connectivity index (χ0) is 14.7. The Hall–Kier alpha value is -1.10. The topological polar surface area (TPSA) is 55.8 Å². The number of ether oxygens (including phenoxy) is 2. The molecule has 2 heterocycles. The van der Waals surface area contributed by atoms with Gasteiger partial charge < -0.3 is 14.4 Å². The lowest BCUT2D eigenvalue weighted by Gasteiger charge is -2.24. The molecule has 5 heteroatoms. The third kappa shape index (κ3) is 3.57. The zero-order valence-electron chi connectivity index (χ0n) is 12.6. The second kappa shape index (κ2) is 6.77. The van der Waals surface area contributed by atoms with Gasteiger partial charge in [-0.05, 0) is 32.1 Å². The molecule has 3 fully saturated rings. The predicted octanol–water partition coefficient (Wildman–Crippen LogP) is 1.89. The molecule has 0 aromatic carbocycles. The number of rotatable bonds is 4. The van der Waals surface area contributed by atoms with Crippen LogP contribution in [0.15, 0.2) is 0 Å². The molecule has 0 radical (unpaired) electrons. The quantitative estimate of drug-likeness (QED) is 0.743. The van der Waals surface area contributed by atoms with E-state index < -0.39 is 0 Å². The molecule has 118 valence electrons. The van der Waals surface area contributed by atoms with Crippen molar-refractivity contribution in [3.8, 4) is 0 Å². The minimum atomic E-state index is -0.276. The van der Waals surface area contributed by atoms with Crippen LogP contribution >= 0.6 is 0 Å². The fraction of sp³-hybridized carbons (Fsp3) is 0.875. The lowest BCUT2D eigenvalue weighted by Crippen LogP contribution is -2.35. The van der Waals surface area contributed by atoms with E-state index in [1.54, 1.807) is 0 Å². The normalized spacial score (nSPS) is 30.9. The van der Waals surface area contributed by atoms with Crippen molar-refractivity contribution in [1.29, 1.82) is 0 Å². The Balaban J connectivity index is 1.45. The average molecular weight is 295 g/mol. The monoisotopic (exact) mass is 295 g/mol. The third-order valence-electron chi connectivity index (χ3n) is 4.94. The minimum Gasteiger partial charge on any atom is -0.463 e. The first-order valence-corrected chi connectivity index (χ1v) is 8.32. The van der Waals surface area contributed by atoms with E-state index in [4.69, 9.17) is 9.47 Å². The lowest BCUT2D eigenvalue weighted by molar-refractivity contribution is -0.153. The van der Waals surface area contributed by atoms with E-state index in [1.807, 2.05) is 4.90 Å². The maximum Gasteiger partial charge on any atom is 0.311 e. The number of esters is 1. The van der Waals surface area contributed by atoms with Gasteiger partial charge in [0.1, 0.15) is 6.61 Å². The molecule has 2 saturated heterocycles. The van der Waals surface area contributed by atoms with Crippen LogP contribution in [0.1, 0.15) is 51.4 Å². The second-order valence-corrected chi connectivity index (χ2v) is 6.50. The number of carbonyl (C=O) groups excluding carboxylic acids is 2. The molecule has 5 nitrogen and oxygen atoms in total. The minimum absolute atomic E-state index is 0.0470. The van der Waals surface area contributed by atoms with Crippen LogP contribution in [0.2, 0.25) is 0 Å². The lowest BCUT2D eigenvalue weighted by atomic mass is 10.1. The molecule has 2 aliphatic heterocycles. The van der Waals surface area contributed by atoms with Crippen molar-refractivity contribution in [3.63, 3.8) is 0 Å². The predicted molar refractivity (Wildman–Crippen MR) is 76.6 cm³/mol. The van der Waals surface area contributed by atoms with Crippen LogP contribution < -0.4 is 0 Å². The summed E-state index contributed by atoms with van der Waals surface area (Å²) in [5, 5.41) is 0. The van der Waals surface area contributed by atoms with Crippen LogP contribution in [0.4, 0.5) is 0 Å². The first-order chi connectivity index (χ1) is 10.2. The highest BCUT2D eigenvalue weighted by atomic mass is 16.6. The fourth-order valence-electron chi connectivity index (χ4n) is 3.69. The summed E-state index contributed by atoms with van der Waals surface area (Å²) in [6.45, 7) is 1.65. The largest absolute Gasteiger partial charge is 0.463 e. The highest BCUT2D eigenvalue weighted by Gasteiger charge is 2.39. The first-order valence-electron chi connectivity index (χ1n) is 8.32. The average Bonchev–Trinajstić information content (AvgIpc) is 3.15. The van der Waals surface area contributed by atoms with Gasteiger partial charge in [-0.3, -0.25) is 9.59 Å². The van der Waals surface area contributed by atoms with Crippen LogP contribution in [0.3, 0.4) is 0 Å².